The lowest BCUT2D eigenvalue weighted by molar-refractivity contribution is 0.264. The molecule has 6 heteroatoms. The van der Waals surface area contributed by atoms with E-state index in [2.05, 4.69) is 9.97 Å². The third-order valence-electron chi connectivity index (χ3n) is 2.36. The number of nitrogens with one attached hydrogen (secondary N) is 1. The summed E-state index contributed by atoms with van der Waals surface area (Å²) in [6.45, 7) is -0.279. The molecule has 0 aliphatic heterocycles. The molecule has 2 aromatic rings. The van der Waals surface area contributed by atoms with Crippen LogP contribution in [-0.4, -0.2) is 21.7 Å². The summed E-state index contributed by atoms with van der Waals surface area (Å²) in [7, 11) is 0. The highest BCUT2D eigenvalue weighted by Crippen LogP contribution is 2.22. The minimum atomic E-state index is -0.666. The van der Waals surface area contributed by atoms with E-state index in [1.165, 1.54) is 6.20 Å². The third kappa shape index (κ3) is 2.32. The normalized spacial score (nSPS) is 12.7. The number of hydrogen-bond acceptors (Lipinski definition) is 3. The van der Waals surface area contributed by atoms with E-state index in [-0.39, 0.29) is 12.2 Å². The number of imidazole rings is 1. The Bertz CT molecular complexity index is 527. The maximum atomic E-state index is 13.5. The molecule has 90 valence electrons. The summed E-state index contributed by atoms with van der Waals surface area (Å²) in [5, 5.41) is 8.85. The molecule has 0 fully saturated rings. The van der Waals surface area contributed by atoms with Gasteiger partial charge in [-0.25, -0.2) is 13.8 Å². The van der Waals surface area contributed by atoms with Gasteiger partial charge in [0.2, 0.25) is 0 Å². The molecule has 4 N–H and O–H groups in total. The summed E-state index contributed by atoms with van der Waals surface area (Å²) in [6.07, 6.45) is 1.35. The maximum absolute atomic E-state index is 13.5. The van der Waals surface area contributed by atoms with E-state index in [0.717, 1.165) is 18.2 Å². The van der Waals surface area contributed by atoms with Crippen LogP contribution in [0.5, 0.6) is 0 Å². The van der Waals surface area contributed by atoms with Crippen LogP contribution in [-0.2, 0) is 0 Å². The molecule has 0 saturated heterocycles. The Morgan fingerprint density at radius 1 is 1.41 bits per heavy atom. The minimum absolute atomic E-state index is 0.0777. The van der Waals surface area contributed by atoms with Gasteiger partial charge in [-0.1, -0.05) is 0 Å². The molecule has 1 aromatic heterocycles. The van der Waals surface area contributed by atoms with Crippen molar-refractivity contribution in [3.63, 3.8) is 0 Å². The van der Waals surface area contributed by atoms with Gasteiger partial charge in [0.05, 0.1) is 24.5 Å². The quantitative estimate of drug-likeness (QED) is 0.756. The van der Waals surface area contributed by atoms with E-state index in [1.807, 2.05) is 0 Å². The molecular weight excluding hydrogens is 228 g/mol. The summed E-state index contributed by atoms with van der Waals surface area (Å²) in [6, 6.07) is 2.48. The highest BCUT2D eigenvalue weighted by molar-refractivity contribution is 5.59. The van der Waals surface area contributed by atoms with E-state index >= 15 is 0 Å². The fraction of sp³-hybridized carbons (Fsp3) is 0.182. The lowest BCUT2D eigenvalue weighted by atomic mass is 10.1. The molecule has 0 aliphatic carbocycles. The van der Waals surface area contributed by atoms with E-state index in [1.54, 1.807) is 0 Å². The zero-order chi connectivity index (χ0) is 12.4. The number of hydrogen-bond donors (Lipinski definition) is 3. The summed E-state index contributed by atoms with van der Waals surface area (Å²) in [4.78, 5) is 6.65. The second kappa shape index (κ2) is 4.60. The lowest BCUT2D eigenvalue weighted by Gasteiger charge is -2.03. The summed E-state index contributed by atoms with van der Waals surface area (Å²) in [5.74, 6) is -0.769. The van der Waals surface area contributed by atoms with Gasteiger partial charge in [0.15, 0.2) is 0 Å². The monoisotopic (exact) mass is 239 g/mol. The zero-order valence-electron chi connectivity index (χ0n) is 8.82. The van der Waals surface area contributed by atoms with Crippen LogP contribution in [0.1, 0.15) is 11.9 Å². The molecule has 1 heterocycles. The summed E-state index contributed by atoms with van der Waals surface area (Å²) < 4.78 is 26.5. The molecule has 1 aromatic carbocycles. The average molecular weight is 239 g/mol. The van der Waals surface area contributed by atoms with Gasteiger partial charge < -0.3 is 15.8 Å². The Labute approximate surface area is 96.1 Å². The number of rotatable bonds is 3. The van der Waals surface area contributed by atoms with Crippen LogP contribution in [0.2, 0.25) is 0 Å². The fourth-order valence-corrected chi connectivity index (χ4v) is 1.45. The van der Waals surface area contributed by atoms with Gasteiger partial charge >= 0.3 is 0 Å². The van der Waals surface area contributed by atoms with Crippen molar-refractivity contribution in [2.75, 3.05) is 6.61 Å². The Morgan fingerprint density at radius 2 is 2.18 bits per heavy atom. The Hall–Kier alpha value is -1.79. The van der Waals surface area contributed by atoms with Gasteiger partial charge in [0.25, 0.3) is 0 Å². The first kappa shape index (κ1) is 11.7. The molecule has 1 atom stereocenters. The van der Waals surface area contributed by atoms with Crippen LogP contribution < -0.4 is 5.73 Å². The molecule has 1 unspecified atom stereocenters. The predicted octanol–water partition coefficient (Wildman–Crippen LogP) is 1.35. The van der Waals surface area contributed by atoms with E-state index in [0.29, 0.717) is 11.5 Å². The predicted molar refractivity (Wildman–Crippen MR) is 58.0 cm³/mol. The van der Waals surface area contributed by atoms with Crippen molar-refractivity contribution in [3.8, 4) is 11.3 Å². The molecule has 0 aliphatic rings. The lowest BCUT2D eigenvalue weighted by Crippen LogP contribution is -2.15. The van der Waals surface area contributed by atoms with Crippen molar-refractivity contribution >= 4 is 0 Å². The zero-order valence-corrected chi connectivity index (χ0v) is 8.82. The van der Waals surface area contributed by atoms with Gasteiger partial charge in [0.1, 0.15) is 17.5 Å². The SMILES string of the molecule is NC(CO)c1ncc(-c2cc(F)ccc2F)[nH]1. The molecule has 0 bridgehead atoms. The third-order valence-corrected chi connectivity index (χ3v) is 2.36. The molecule has 0 radical (unpaired) electrons. The molecular formula is C11H11F2N3O. The van der Waals surface area contributed by atoms with Gasteiger partial charge in [-0.15, -0.1) is 0 Å². The van der Waals surface area contributed by atoms with Gasteiger partial charge in [-0.3, -0.25) is 0 Å². The molecule has 4 nitrogen and oxygen atoms in total. The number of nitrogens with two attached hydrogens (primary N) is 1. The second-order valence-corrected chi connectivity index (χ2v) is 3.60. The Morgan fingerprint density at radius 3 is 2.88 bits per heavy atom. The van der Waals surface area contributed by atoms with Gasteiger partial charge in [-0.05, 0) is 18.2 Å². The Balaban J connectivity index is 2.40. The minimum Gasteiger partial charge on any atom is -0.394 e. The number of nitrogens with zero attached hydrogens (tertiary/aromatic N) is 1. The van der Waals surface area contributed by atoms with E-state index < -0.39 is 17.7 Å². The number of benzene rings is 1. The van der Waals surface area contributed by atoms with Crippen LogP contribution in [0.15, 0.2) is 24.4 Å². The van der Waals surface area contributed by atoms with Crippen LogP contribution in [0.25, 0.3) is 11.3 Å². The smallest absolute Gasteiger partial charge is 0.132 e. The topological polar surface area (TPSA) is 74.9 Å². The highest BCUT2D eigenvalue weighted by atomic mass is 19.1. The first-order valence-electron chi connectivity index (χ1n) is 4.98. The van der Waals surface area contributed by atoms with Crippen LogP contribution in [0, 0.1) is 11.6 Å². The molecule has 2 rings (SSSR count). The van der Waals surface area contributed by atoms with Gasteiger partial charge in [-0.2, -0.15) is 0 Å². The van der Waals surface area contributed by atoms with Crippen molar-refractivity contribution in [2.45, 2.75) is 6.04 Å². The van der Waals surface area contributed by atoms with Crippen molar-refractivity contribution in [2.24, 2.45) is 5.73 Å². The Kier molecular flexibility index (Phi) is 3.16. The molecule has 0 amide bonds. The van der Waals surface area contributed by atoms with Crippen molar-refractivity contribution < 1.29 is 13.9 Å². The van der Waals surface area contributed by atoms with Crippen LogP contribution in [0.4, 0.5) is 8.78 Å². The van der Waals surface area contributed by atoms with Crippen LogP contribution >= 0.6 is 0 Å². The molecule has 0 saturated carbocycles. The largest absolute Gasteiger partial charge is 0.394 e. The highest BCUT2D eigenvalue weighted by Gasteiger charge is 2.12. The number of aliphatic hydroxyl groups excluding tert-OH is 1. The standard InChI is InChI=1S/C11H11F2N3O/c12-6-1-2-8(13)7(3-6)10-4-15-11(16-10)9(14)5-17/h1-4,9,17H,5,14H2,(H,15,16). The first-order valence-corrected chi connectivity index (χ1v) is 4.98. The fourth-order valence-electron chi connectivity index (χ4n) is 1.45. The first-order chi connectivity index (χ1) is 8.11. The van der Waals surface area contributed by atoms with Crippen molar-refractivity contribution in [1.29, 1.82) is 0 Å². The molecule has 17 heavy (non-hydrogen) atoms. The number of aromatic nitrogens is 2. The summed E-state index contributed by atoms with van der Waals surface area (Å²) in [5.41, 5.74) is 5.94. The van der Waals surface area contributed by atoms with Gasteiger partial charge in [0, 0.05) is 5.56 Å². The van der Waals surface area contributed by atoms with E-state index in [4.69, 9.17) is 10.8 Å². The van der Waals surface area contributed by atoms with Crippen molar-refractivity contribution in [1.82, 2.24) is 9.97 Å². The van der Waals surface area contributed by atoms with Crippen molar-refractivity contribution in [3.05, 3.63) is 41.9 Å². The average Bonchev–Trinajstić information content (AvgIpc) is 2.80. The second-order valence-electron chi connectivity index (χ2n) is 3.60. The number of halogens is 2. The van der Waals surface area contributed by atoms with Crippen LogP contribution in [0.3, 0.4) is 0 Å². The number of aliphatic hydroxyl groups is 1. The molecule has 0 spiro atoms. The summed E-state index contributed by atoms with van der Waals surface area (Å²) >= 11 is 0. The number of aromatic amines is 1. The maximum Gasteiger partial charge on any atom is 0.132 e. The number of H-pyrrole nitrogens is 1. The van der Waals surface area contributed by atoms with E-state index in [9.17, 15) is 8.78 Å².